The van der Waals surface area contributed by atoms with E-state index in [4.69, 9.17) is 32.7 Å². The van der Waals surface area contributed by atoms with Crippen LogP contribution in [-0.4, -0.2) is 45.9 Å². The van der Waals surface area contributed by atoms with Crippen molar-refractivity contribution in [2.45, 2.75) is 13.3 Å². The summed E-state index contributed by atoms with van der Waals surface area (Å²) < 4.78 is 10.9. The molecule has 0 unspecified atom stereocenters. The molecule has 7 heteroatoms. The van der Waals surface area contributed by atoms with Gasteiger partial charge in [0, 0.05) is 31.8 Å². The van der Waals surface area contributed by atoms with Crippen molar-refractivity contribution in [1.29, 1.82) is 0 Å². The Hall–Kier alpha value is -1.17. The molecule has 1 rings (SSSR count). The molecule has 2 N–H and O–H groups in total. The van der Waals surface area contributed by atoms with Gasteiger partial charge in [0.25, 0.3) is 0 Å². The highest BCUT2D eigenvalue weighted by Crippen LogP contribution is 2.27. The summed E-state index contributed by atoms with van der Waals surface area (Å²) >= 11 is 11.9. The Labute approximate surface area is 142 Å². The molecule has 0 aliphatic heterocycles. The molecule has 0 saturated carbocycles. The van der Waals surface area contributed by atoms with Crippen LogP contribution in [0, 0.1) is 0 Å². The third-order valence-corrected chi connectivity index (χ3v) is 3.26. The molecular weight excluding hydrogens is 325 g/mol. The molecule has 0 fully saturated rings. The van der Waals surface area contributed by atoms with Gasteiger partial charge in [0.15, 0.2) is 5.96 Å². The SMILES string of the molecule is CCOCCNC(=NC)NCCCOc1ccc(Cl)cc1Cl. The first-order valence-electron chi connectivity index (χ1n) is 7.27. The molecule has 124 valence electrons. The zero-order valence-corrected chi connectivity index (χ0v) is 14.5. The molecule has 0 aliphatic rings. The Kier molecular flexibility index (Phi) is 9.79. The monoisotopic (exact) mass is 347 g/mol. The van der Waals surface area contributed by atoms with Crippen molar-refractivity contribution >= 4 is 29.2 Å². The second-order valence-electron chi connectivity index (χ2n) is 4.40. The van der Waals surface area contributed by atoms with Crippen LogP contribution in [-0.2, 0) is 4.74 Å². The molecule has 1 aromatic rings. The van der Waals surface area contributed by atoms with Gasteiger partial charge in [-0.1, -0.05) is 23.2 Å². The summed E-state index contributed by atoms with van der Waals surface area (Å²) in [4.78, 5) is 4.13. The Balaban J connectivity index is 2.16. The summed E-state index contributed by atoms with van der Waals surface area (Å²) in [6, 6.07) is 5.19. The van der Waals surface area contributed by atoms with E-state index in [1.165, 1.54) is 0 Å². The highest BCUT2D eigenvalue weighted by Gasteiger charge is 2.02. The first-order chi connectivity index (χ1) is 10.7. The molecular formula is C15H23Cl2N3O2. The summed E-state index contributed by atoms with van der Waals surface area (Å²) in [6.07, 6.45) is 0.825. The topological polar surface area (TPSA) is 54.9 Å². The van der Waals surface area contributed by atoms with Gasteiger partial charge >= 0.3 is 0 Å². The number of halogens is 2. The molecule has 0 amide bonds. The second kappa shape index (κ2) is 11.4. The summed E-state index contributed by atoms with van der Waals surface area (Å²) in [5.41, 5.74) is 0. The van der Waals surface area contributed by atoms with E-state index in [1.807, 2.05) is 6.92 Å². The maximum Gasteiger partial charge on any atom is 0.191 e. The highest BCUT2D eigenvalue weighted by atomic mass is 35.5. The predicted molar refractivity (Wildman–Crippen MR) is 92.4 cm³/mol. The number of hydrogen-bond acceptors (Lipinski definition) is 3. The summed E-state index contributed by atoms with van der Waals surface area (Å²) in [5.74, 6) is 1.40. The molecule has 5 nitrogen and oxygen atoms in total. The molecule has 22 heavy (non-hydrogen) atoms. The van der Waals surface area contributed by atoms with Crippen molar-refractivity contribution in [3.8, 4) is 5.75 Å². The summed E-state index contributed by atoms with van der Waals surface area (Å²) in [6.45, 7) is 5.39. The first-order valence-corrected chi connectivity index (χ1v) is 8.03. The molecule has 0 aromatic heterocycles. The van der Waals surface area contributed by atoms with E-state index in [9.17, 15) is 0 Å². The minimum atomic E-state index is 0.522. The molecule has 0 atom stereocenters. The average Bonchev–Trinajstić information content (AvgIpc) is 2.51. The van der Waals surface area contributed by atoms with E-state index in [0.717, 1.165) is 32.1 Å². The number of nitrogens with one attached hydrogen (secondary N) is 2. The standard InChI is InChI=1S/C15H23Cl2N3O2/c1-3-21-10-8-20-15(18-2)19-7-4-9-22-14-6-5-12(16)11-13(14)17/h5-6,11H,3-4,7-10H2,1-2H3,(H2,18,19,20). The number of hydrogen-bond donors (Lipinski definition) is 2. The third-order valence-electron chi connectivity index (χ3n) is 2.73. The van der Waals surface area contributed by atoms with Crippen LogP contribution in [0.5, 0.6) is 5.75 Å². The van der Waals surface area contributed by atoms with Gasteiger partial charge in [-0.3, -0.25) is 4.99 Å². The van der Waals surface area contributed by atoms with Crippen LogP contribution in [0.1, 0.15) is 13.3 Å². The van der Waals surface area contributed by atoms with E-state index >= 15 is 0 Å². The zero-order chi connectivity index (χ0) is 16.2. The van der Waals surface area contributed by atoms with Gasteiger partial charge in [0.2, 0.25) is 0 Å². The predicted octanol–water partition coefficient (Wildman–Crippen LogP) is 2.96. The van der Waals surface area contributed by atoms with Gasteiger partial charge in [0.1, 0.15) is 5.75 Å². The van der Waals surface area contributed by atoms with Crippen molar-refractivity contribution in [3.63, 3.8) is 0 Å². The van der Waals surface area contributed by atoms with Gasteiger partial charge in [-0.25, -0.2) is 0 Å². The Morgan fingerprint density at radius 3 is 2.64 bits per heavy atom. The third kappa shape index (κ3) is 7.73. The van der Waals surface area contributed by atoms with E-state index < -0.39 is 0 Å². The normalized spacial score (nSPS) is 11.4. The fraction of sp³-hybridized carbons (Fsp3) is 0.533. The average molecular weight is 348 g/mol. The summed E-state index contributed by atoms with van der Waals surface area (Å²) in [5, 5.41) is 7.49. The van der Waals surface area contributed by atoms with Crippen LogP contribution in [0.4, 0.5) is 0 Å². The second-order valence-corrected chi connectivity index (χ2v) is 5.24. The number of ether oxygens (including phenoxy) is 2. The zero-order valence-electron chi connectivity index (χ0n) is 13.0. The lowest BCUT2D eigenvalue weighted by Crippen LogP contribution is -2.39. The molecule has 0 bridgehead atoms. The van der Waals surface area contributed by atoms with E-state index in [2.05, 4.69) is 15.6 Å². The van der Waals surface area contributed by atoms with Crippen LogP contribution in [0.2, 0.25) is 10.0 Å². The van der Waals surface area contributed by atoms with E-state index in [-0.39, 0.29) is 0 Å². The van der Waals surface area contributed by atoms with Crippen molar-refractivity contribution in [2.24, 2.45) is 4.99 Å². The number of benzene rings is 1. The van der Waals surface area contributed by atoms with E-state index in [0.29, 0.717) is 29.0 Å². The van der Waals surface area contributed by atoms with Gasteiger partial charge in [-0.2, -0.15) is 0 Å². The van der Waals surface area contributed by atoms with Crippen LogP contribution in [0.25, 0.3) is 0 Å². The van der Waals surface area contributed by atoms with Crippen molar-refractivity contribution in [3.05, 3.63) is 28.2 Å². The fourth-order valence-corrected chi connectivity index (χ4v) is 2.12. The number of nitrogens with zero attached hydrogens (tertiary/aromatic N) is 1. The lowest BCUT2D eigenvalue weighted by atomic mass is 10.3. The highest BCUT2D eigenvalue weighted by molar-refractivity contribution is 6.35. The first kappa shape index (κ1) is 18.9. The van der Waals surface area contributed by atoms with Crippen molar-refractivity contribution in [2.75, 3.05) is 40.0 Å². The lowest BCUT2D eigenvalue weighted by Gasteiger charge is -2.12. The molecule has 0 spiro atoms. The van der Waals surface area contributed by atoms with Gasteiger partial charge in [-0.05, 0) is 31.5 Å². The maximum absolute atomic E-state index is 6.03. The lowest BCUT2D eigenvalue weighted by molar-refractivity contribution is 0.152. The largest absolute Gasteiger partial charge is 0.492 e. The van der Waals surface area contributed by atoms with Gasteiger partial charge in [-0.15, -0.1) is 0 Å². The molecule has 0 heterocycles. The van der Waals surface area contributed by atoms with Gasteiger partial charge < -0.3 is 20.1 Å². The minimum absolute atomic E-state index is 0.522. The van der Waals surface area contributed by atoms with Crippen LogP contribution < -0.4 is 15.4 Å². The quantitative estimate of drug-likeness (QED) is 0.409. The molecule has 0 radical (unpaired) electrons. The fourth-order valence-electron chi connectivity index (χ4n) is 1.66. The number of aliphatic imine (C=N–C) groups is 1. The van der Waals surface area contributed by atoms with Crippen LogP contribution in [0.15, 0.2) is 23.2 Å². The minimum Gasteiger partial charge on any atom is -0.492 e. The van der Waals surface area contributed by atoms with Crippen molar-refractivity contribution < 1.29 is 9.47 Å². The van der Waals surface area contributed by atoms with Crippen LogP contribution in [0.3, 0.4) is 0 Å². The molecule has 1 aromatic carbocycles. The smallest absolute Gasteiger partial charge is 0.191 e. The Morgan fingerprint density at radius 1 is 1.18 bits per heavy atom. The Morgan fingerprint density at radius 2 is 1.95 bits per heavy atom. The van der Waals surface area contributed by atoms with E-state index in [1.54, 1.807) is 25.2 Å². The summed E-state index contributed by atoms with van der Waals surface area (Å²) in [7, 11) is 1.74. The van der Waals surface area contributed by atoms with Crippen molar-refractivity contribution in [1.82, 2.24) is 10.6 Å². The van der Waals surface area contributed by atoms with Crippen LogP contribution >= 0.6 is 23.2 Å². The van der Waals surface area contributed by atoms with Gasteiger partial charge in [0.05, 0.1) is 18.2 Å². The number of rotatable bonds is 9. The Bertz CT molecular complexity index is 470. The maximum atomic E-state index is 6.03. The molecule has 0 aliphatic carbocycles. The molecule has 0 saturated heterocycles. The number of guanidine groups is 1.